The van der Waals surface area contributed by atoms with Gasteiger partial charge >= 0.3 is 0 Å². The Labute approximate surface area is 126 Å². The van der Waals surface area contributed by atoms with Crippen molar-refractivity contribution in [1.29, 1.82) is 0 Å². The Bertz CT molecular complexity index is 448. The van der Waals surface area contributed by atoms with Crippen LogP contribution in [0.1, 0.15) is 38.3 Å². The molecule has 0 aliphatic rings. The number of rotatable bonds is 8. The highest BCUT2D eigenvalue weighted by atomic mass is 32.2. The molecule has 3 N–H and O–H groups in total. The Hall–Kier alpha value is -1.00. The Morgan fingerprint density at radius 2 is 2.05 bits per heavy atom. The van der Waals surface area contributed by atoms with Crippen LogP contribution in [0.2, 0.25) is 0 Å². The average molecular weight is 294 g/mol. The first-order valence-corrected chi connectivity index (χ1v) is 8.20. The summed E-state index contributed by atoms with van der Waals surface area (Å²) < 4.78 is 0. The molecule has 1 aromatic carbocycles. The maximum Gasteiger partial charge on any atom is 0.237 e. The highest BCUT2D eigenvalue weighted by molar-refractivity contribution is 7.98. The van der Waals surface area contributed by atoms with Crippen molar-refractivity contribution in [2.24, 2.45) is 5.73 Å². The van der Waals surface area contributed by atoms with E-state index in [4.69, 9.17) is 5.73 Å². The molecule has 112 valence electrons. The number of thioether (sulfide) groups is 1. The van der Waals surface area contributed by atoms with Crippen LogP contribution in [0.5, 0.6) is 0 Å². The normalized spacial score (nSPS) is 14.2. The largest absolute Gasteiger partial charge is 0.368 e. The van der Waals surface area contributed by atoms with Crippen LogP contribution in [-0.4, -0.2) is 23.2 Å². The van der Waals surface area contributed by atoms with Crippen LogP contribution in [0.4, 0.5) is 0 Å². The van der Waals surface area contributed by atoms with Crippen molar-refractivity contribution < 1.29 is 4.79 Å². The molecule has 0 aliphatic heterocycles. The minimum Gasteiger partial charge on any atom is -0.368 e. The molecule has 0 saturated heterocycles. The van der Waals surface area contributed by atoms with Gasteiger partial charge < -0.3 is 11.1 Å². The fraction of sp³-hybridized carbons (Fsp3) is 0.562. The number of nitrogens with two attached hydrogens (primary N) is 1. The summed E-state index contributed by atoms with van der Waals surface area (Å²) in [5, 5.41) is 3.28. The molecule has 1 aromatic rings. The van der Waals surface area contributed by atoms with E-state index in [1.54, 1.807) is 0 Å². The summed E-state index contributed by atoms with van der Waals surface area (Å²) in [6, 6.07) is 8.65. The molecule has 0 fully saturated rings. The van der Waals surface area contributed by atoms with Gasteiger partial charge in [0, 0.05) is 11.8 Å². The number of amides is 1. The van der Waals surface area contributed by atoms with Gasteiger partial charge in [-0.25, -0.2) is 0 Å². The van der Waals surface area contributed by atoms with E-state index in [1.807, 2.05) is 32.5 Å². The van der Waals surface area contributed by atoms with E-state index in [2.05, 4.69) is 36.5 Å². The van der Waals surface area contributed by atoms with Gasteiger partial charge in [-0.1, -0.05) is 24.3 Å². The molecule has 0 heterocycles. The first-order valence-electron chi connectivity index (χ1n) is 7.05. The van der Waals surface area contributed by atoms with Crippen molar-refractivity contribution >= 4 is 17.7 Å². The van der Waals surface area contributed by atoms with Crippen LogP contribution < -0.4 is 11.1 Å². The molecule has 0 bridgehead atoms. The van der Waals surface area contributed by atoms with Gasteiger partial charge in [0.15, 0.2) is 0 Å². The average Bonchev–Trinajstić information content (AvgIpc) is 2.35. The van der Waals surface area contributed by atoms with Gasteiger partial charge in [0.25, 0.3) is 0 Å². The lowest BCUT2D eigenvalue weighted by molar-refractivity contribution is -0.124. The van der Waals surface area contributed by atoms with Gasteiger partial charge in [0.2, 0.25) is 5.91 Å². The van der Waals surface area contributed by atoms with E-state index in [0.717, 1.165) is 17.9 Å². The fourth-order valence-corrected chi connectivity index (χ4v) is 3.37. The second kappa shape index (κ2) is 7.70. The number of carbonyl (C=O) groups is 1. The van der Waals surface area contributed by atoms with Gasteiger partial charge in [0.05, 0.1) is 5.54 Å². The summed E-state index contributed by atoms with van der Waals surface area (Å²) in [5.74, 6) is 1.61. The fourth-order valence-electron chi connectivity index (χ4n) is 2.13. The Balaban J connectivity index is 2.46. The minimum absolute atomic E-state index is 0.244. The van der Waals surface area contributed by atoms with Gasteiger partial charge in [-0.3, -0.25) is 4.79 Å². The predicted octanol–water partition coefficient (Wildman–Crippen LogP) is 2.86. The molecular formula is C16H26N2OS. The molecule has 1 atom stereocenters. The molecule has 0 aliphatic carbocycles. The summed E-state index contributed by atoms with van der Waals surface area (Å²) in [5.41, 5.74) is 7.58. The maximum atomic E-state index is 11.6. The van der Waals surface area contributed by atoms with Gasteiger partial charge in [-0.15, -0.1) is 0 Å². The van der Waals surface area contributed by atoms with Crippen molar-refractivity contribution in [3.8, 4) is 0 Å². The second-order valence-corrected chi connectivity index (χ2v) is 6.83. The van der Waals surface area contributed by atoms with Crippen LogP contribution in [0.3, 0.4) is 0 Å². The molecule has 1 rings (SSSR count). The van der Waals surface area contributed by atoms with Crippen LogP contribution in [0.15, 0.2) is 24.3 Å². The van der Waals surface area contributed by atoms with Crippen LogP contribution in [0, 0.1) is 6.92 Å². The molecule has 20 heavy (non-hydrogen) atoms. The number of benzene rings is 1. The predicted molar refractivity (Wildman–Crippen MR) is 87.8 cm³/mol. The second-order valence-electron chi connectivity index (χ2n) is 5.72. The third-order valence-electron chi connectivity index (χ3n) is 3.42. The van der Waals surface area contributed by atoms with Gasteiger partial charge in [-0.2, -0.15) is 11.8 Å². The highest BCUT2D eigenvalue weighted by Gasteiger charge is 2.30. The molecule has 1 unspecified atom stereocenters. The summed E-state index contributed by atoms with van der Waals surface area (Å²) in [6.45, 7) is 8.08. The molecule has 3 nitrogen and oxygen atoms in total. The molecular weight excluding hydrogens is 268 g/mol. The van der Waals surface area contributed by atoms with Crippen molar-refractivity contribution in [3.05, 3.63) is 35.4 Å². The van der Waals surface area contributed by atoms with E-state index >= 15 is 0 Å². The zero-order chi connectivity index (χ0) is 15.2. The van der Waals surface area contributed by atoms with Crippen molar-refractivity contribution in [2.75, 3.05) is 5.75 Å². The molecule has 0 spiro atoms. The number of aryl methyl sites for hydroxylation is 1. The molecule has 1 amide bonds. The Kier molecular flexibility index (Phi) is 6.56. The number of hydrogen-bond donors (Lipinski definition) is 2. The number of primary amides is 1. The van der Waals surface area contributed by atoms with Crippen LogP contribution in [0.25, 0.3) is 0 Å². The van der Waals surface area contributed by atoms with E-state index in [0.29, 0.717) is 0 Å². The quantitative estimate of drug-likeness (QED) is 0.725. The number of nitrogens with one attached hydrogen (secondary N) is 1. The topological polar surface area (TPSA) is 55.1 Å². The van der Waals surface area contributed by atoms with Crippen molar-refractivity contribution in [1.82, 2.24) is 5.32 Å². The standard InChI is InChI=1S/C16H26N2OS/c1-12(2)18-16(4,15(17)19)9-10-20-11-14-8-6-5-7-13(14)3/h5-8,12,18H,9-11H2,1-4H3,(H2,17,19). The lowest BCUT2D eigenvalue weighted by atomic mass is 9.97. The summed E-state index contributed by atoms with van der Waals surface area (Å²) in [4.78, 5) is 11.6. The summed E-state index contributed by atoms with van der Waals surface area (Å²) in [7, 11) is 0. The highest BCUT2D eigenvalue weighted by Crippen LogP contribution is 2.20. The van der Waals surface area contributed by atoms with Crippen molar-refractivity contribution in [3.63, 3.8) is 0 Å². The summed E-state index contributed by atoms with van der Waals surface area (Å²) in [6.07, 6.45) is 0.747. The summed E-state index contributed by atoms with van der Waals surface area (Å²) >= 11 is 1.84. The molecule has 0 aromatic heterocycles. The van der Waals surface area contributed by atoms with E-state index in [-0.39, 0.29) is 11.9 Å². The Morgan fingerprint density at radius 1 is 1.40 bits per heavy atom. The van der Waals surface area contributed by atoms with Crippen molar-refractivity contribution in [2.45, 2.75) is 51.4 Å². The van der Waals surface area contributed by atoms with Crippen LogP contribution in [-0.2, 0) is 10.5 Å². The van der Waals surface area contributed by atoms with E-state index < -0.39 is 5.54 Å². The third kappa shape index (κ3) is 5.17. The smallest absolute Gasteiger partial charge is 0.237 e. The SMILES string of the molecule is Cc1ccccc1CSCCC(C)(NC(C)C)C(N)=O. The number of carbonyl (C=O) groups excluding carboxylic acids is 1. The molecule has 4 heteroatoms. The first-order chi connectivity index (χ1) is 9.35. The lowest BCUT2D eigenvalue weighted by Gasteiger charge is -2.29. The van der Waals surface area contributed by atoms with Gasteiger partial charge in [0.1, 0.15) is 0 Å². The molecule has 0 saturated carbocycles. The van der Waals surface area contributed by atoms with E-state index in [1.165, 1.54) is 11.1 Å². The van der Waals surface area contributed by atoms with Crippen LogP contribution >= 0.6 is 11.8 Å². The monoisotopic (exact) mass is 294 g/mol. The Morgan fingerprint density at radius 3 is 2.60 bits per heavy atom. The molecule has 0 radical (unpaired) electrons. The first kappa shape index (κ1) is 17.1. The lowest BCUT2D eigenvalue weighted by Crippen LogP contribution is -2.55. The maximum absolute atomic E-state index is 11.6. The minimum atomic E-state index is -0.618. The van der Waals surface area contributed by atoms with E-state index in [9.17, 15) is 4.79 Å². The zero-order valence-corrected chi connectivity index (χ0v) is 13.7. The zero-order valence-electron chi connectivity index (χ0n) is 12.9. The van der Waals surface area contributed by atoms with Gasteiger partial charge in [-0.05, 0) is 51.0 Å². The number of hydrogen-bond acceptors (Lipinski definition) is 3. The third-order valence-corrected chi connectivity index (χ3v) is 4.42.